The summed E-state index contributed by atoms with van der Waals surface area (Å²) < 4.78 is 0. The van der Waals surface area contributed by atoms with Gasteiger partial charge in [0.05, 0.1) is 0 Å². The van der Waals surface area contributed by atoms with Crippen LogP contribution < -0.4 is 0 Å². The van der Waals surface area contributed by atoms with E-state index < -0.39 is 0 Å². The summed E-state index contributed by atoms with van der Waals surface area (Å²) in [6.45, 7) is 6.60. The zero-order valence-electron chi connectivity index (χ0n) is 12.4. The lowest BCUT2D eigenvalue weighted by Crippen LogP contribution is -1.96. The van der Waals surface area contributed by atoms with Crippen LogP contribution in [-0.2, 0) is 6.42 Å². The van der Waals surface area contributed by atoms with E-state index in [2.05, 4.69) is 75.4 Å². The van der Waals surface area contributed by atoms with Gasteiger partial charge in [-0.15, -0.1) is 0 Å². The van der Waals surface area contributed by atoms with Gasteiger partial charge in [0.15, 0.2) is 0 Å². The molecule has 3 rings (SSSR count). The molecule has 0 radical (unpaired) electrons. The van der Waals surface area contributed by atoms with Crippen LogP contribution in [0.5, 0.6) is 0 Å². The highest BCUT2D eigenvalue weighted by Gasteiger charge is 2.05. The van der Waals surface area contributed by atoms with Gasteiger partial charge in [-0.1, -0.05) is 60.2 Å². The lowest BCUT2D eigenvalue weighted by Gasteiger charge is -2.12. The molecule has 0 unspecified atom stereocenters. The molecule has 0 atom stereocenters. The maximum Gasteiger partial charge on any atom is -0.00203 e. The van der Waals surface area contributed by atoms with E-state index in [-0.39, 0.29) is 0 Å². The Morgan fingerprint density at radius 1 is 0.700 bits per heavy atom. The first-order valence-electron chi connectivity index (χ1n) is 7.18. The second kappa shape index (κ2) is 5.13. The Bertz CT molecular complexity index is 743. The summed E-state index contributed by atoms with van der Waals surface area (Å²) in [4.78, 5) is 0. The van der Waals surface area contributed by atoms with Gasteiger partial charge in [-0.05, 0) is 60.2 Å². The van der Waals surface area contributed by atoms with Crippen LogP contribution in [0, 0.1) is 20.8 Å². The van der Waals surface area contributed by atoms with Crippen LogP contribution in [0.2, 0.25) is 0 Å². The largest absolute Gasteiger partial charge is 0.0616 e. The fraction of sp³-hybridized carbons (Fsp3) is 0.200. The van der Waals surface area contributed by atoms with Crippen molar-refractivity contribution >= 4 is 10.8 Å². The summed E-state index contributed by atoms with van der Waals surface area (Å²) in [7, 11) is 0. The highest BCUT2D eigenvalue weighted by molar-refractivity contribution is 5.83. The van der Waals surface area contributed by atoms with E-state index >= 15 is 0 Å². The molecule has 0 heterocycles. The molecule has 0 amide bonds. The Hall–Kier alpha value is -2.08. The highest BCUT2D eigenvalue weighted by atomic mass is 14.1. The van der Waals surface area contributed by atoms with Crippen molar-refractivity contribution in [3.8, 4) is 0 Å². The van der Waals surface area contributed by atoms with Crippen LogP contribution in [0.4, 0.5) is 0 Å². The summed E-state index contributed by atoms with van der Waals surface area (Å²) in [5, 5.41) is 2.64. The minimum Gasteiger partial charge on any atom is -0.0616 e. The third-order valence-electron chi connectivity index (χ3n) is 4.04. The van der Waals surface area contributed by atoms with Gasteiger partial charge in [0.25, 0.3) is 0 Å². The lowest BCUT2D eigenvalue weighted by molar-refractivity contribution is 1.11. The first-order chi connectivity index (χ1) is 9.63. The number of aryl methyl sites for hydroxylation is 3. The van der Waals surface area contributed by atoms with E-state index in [1.165, 1.54) is 38.6 Å². The molecule has 0 aromatic heterocycles. The van der Waals surface area contributed by atoms with E-state index in [4.69, 9.17) is 0 Å². The van der Waals surface area contributed by atoms with Gasteiger partial charge in [0, 0.05) is 0 Å². The van der Waals surface area contributed by atoms with Crippen molar-refractivity contribution < 1.29 is 0 Å². The minimum absolute atomic E-state index is 1.02. The fourth-order valence-electron chi connectivity index (χ4n) is 3.04. The molecule has 3 aromatic carbocycles. The maximum atomic E-state index is 2.31. The van der Waals surface area contributed by atoms with Crippen molar-refractivity contribution in [3.63, 3.8) is 0 Å². The summed E-state index contributed by atoms with van der Waals surface area (Å²) >= 11 is 0. The second-order valence-corrected chi connectivity index (χ2v) is 5.74. The topological polar surface area (TPSA) is 0 Å². The summed E-state index contributed by atoms with van der Waals surface area (Å²) in [5.41, 5.74) is 7.00. The zero-order chi connectivity index (χ0) is 14.1. The van der Waals surface area contributed by atoms with Crippen molar-refractivity contribution in [2.45, 2.75) is 27.2 Å². The fourth-order valence-corrected chi connectivity index (χ4v) is 3.04. The summed E-state index contributed by atoms with van der Waals surface area (Å²) in [6, 6.07) is 19.9. The predicted molar refractivity (Wildman–Crippen MR) is 87.4 cm³/mol. The first-order valence-corrected chi connectivity index (χ1v) is 7.18. The molecule has 0 saturated heterocycles. The van der Waals surface area contributed by atoms with Gasteiger partial charge in [0.1, 0.15) is 0 Å². The number of rotatable bonds is 2. The first kappa shape index (κ1) is 12.9. The molecule has 0 N–H and O–H groups in total. The quantitative estimate of drug-likeness (QED) is 0.582. The van der Waals surface area contributed by atoms with Crippen molar-refractivity contribution in [1.29, 1.82) is 0 Å². The Morgan fingerprint density at radius 2 is 1.35 bits per heavy atom. The molecule has 20 heavy (non-hydrogen) atoms. The van der Waals surface area contributed by atoms with Crippen molar-refractivity contribution in [2.75, 3.05) is 0 Å². The SMILES string of the molecule is Cc1cc(C)c(Cc2ccc3ccccc3c2)c(C)c1. The number of hydrogen-bond donors (Lipinski definition) is 0. The molecule has 0 fully saturated rings. The van der Waals surface area contributed by atoms with Gasteiger partial charge in [-0.3, -0.25) is 0 Å². The smallest absolute Gasteiger partial charge is 0.00203 e. The summed E-state index contributed by atoms with van der Waals surface area (Å²) in [6.07, 6.45) is 1.02. The van der Waals surface area contributed by atoms with Crippen LogP contribution in [0.3, 0.4) is 0 Å². The average Bonchev–Trinajstić information content (AvgIpc) is 2.42. The van der Waals surface area contributed by atoms with Gasteiger partial charge in [0.2, 0.25) is 0 Å². The number of fused-ring (bicyclic) bond motifs is 1. The molecule has 0 saturated carbocycles. The lowest BCUT2D eigenvalue weighted by atomic mass is 9.93. The van der Waals surface area contributed by atoms with Crippen LogP contribution in [-0.4, -0.2) is 0 Å². The minimum atomic E-state index is 1.02. The molecule has 0 aliphatic heterocycles. The summed E-state index contributed by atoms with van der Waals surface area (Å²) in [5.74, 6) is 0. The van der Waals surface area contributed by atoms with Crippen LogP contribution in [0.25, 0.3) is 10.8 Å². The van der Waals surface area contributed by atoms with Crippen molar-refractivity contribution in [2.24, 2.45) is 0 Å². The molecule has 0 bridgehead atoms. The monoisotopic (exact) mass is 260 g/mol. The van der Waals surface area contributed by atoms with Crippen LogP contribution in [0.1, 0.15) is 27.8 Å². The molecule has 0 aliphatic carbocycles. The number of benzene rings is 3. The Kier molecular flexibility index (Phi) is 3.31. The molecular weight excluding hydrogens is 240 g/mol. The molecular formula is C20H20. The van der Waals surface area contributed by atoms with Gasteiger partial charge >= 0.3 is 0 Å². The van der Waals surface area contributed by atoms with E-state index in [9.17, 15) is 0 Å². The van der Waals surface area contributed by atoms with Crippen LogP contribution >= 0.6 is 0 Å². The van der Waals surface area contributed by atoms with Gasteiger partial charge in [-0.2, -0.15) is 0 Å². The van der Waals surface area contributed by atoms with Gasteiger partial charge in [-0.25, -0.2) is 0 Å². The highest BCUT2D eigenvalue weighted by Crippen LogP contribution is 2.22. The Labute approximate surface area is 121 Å². The van der Waals surface area contributed by atoms with E-state index in [0.717, 1.165) is 6.42 Å². The molecule has 0 nitrogen and oxygen atoms in total. The second-order valence-electron chi connectivity index (χ2n) is 5.74. The van der Waals surface area contributed by atoms with Crippen LogP contribution in [0.15, 0.2) is 54.6 Å². The van der Waals surface area contributed by atoms with E-state index in [0.29, 0.717) is 0 Å². The third-order valence-corrected chi connectivity index (χ3v) is 4.04. The normalized spacial score (nSPS) is 10.9. The third kappa shape index (κ3) is 2.46. The molecule has 100 valence electrons. The molecule has 0 aliphatic rings. The zero-order valence-corrected chi connectivity index (χ0v) is 12.4. The van der Waals surface area contributed by atoms with E-state index in [1.807, 2.05) is 0 Å². The molecule has 0 spiro atoms. The molecule has 3 aromatic rings. The molecule has 0 heteroatoms. The van der Waals surface area contributed by atoms with E-state index in [1.54, 1.807) is 0 Å². The average molecular weight is 260 g/mol. The number of hydrogen-bond acceptors (Lipinski definition) is 0. The Balaban J connectivity index is 2.01. The van der Waals surface area contributed by atoms with Crippen molar-refractivity contribution in [3.05, 3.63) is 82.4 Å². The predicted octanol–water partition coefficient (Wildman–Crippen LogP) is 5.36. The van der Waals surface area contributed by atoms with Gasteiger partial charge < -0.3 is 0 Å². The maximum absolute atomic E-state index is 2.31. The standard InChI is InChI=1S/C20H20/c1-14-10-15(2)20(16(3)11-14)13-17-8-9-18-6-4-5-7-19(18)12-17/h4-12H,13H2,1-3H3. The Morgan fingerprint density at radius 3 is 2.05 bits per heavy atom. The van der Waals surface area contributed by atoms with Crippen molar-refractivity contribution in [1.82, 2.24) is 0 Å².